The van der Waals surface area contributed by atoms with Crippen LogP contribution in [0.1, 0.15) is 62.6 Å². The Kier molecular flexibility index (Phi) is 7.76. The smallest absolute Gasteiger partial charge is 0.231 e. The molecule has 3 aromatic rings. The summed E-state index contributed by atoms with van der Waals surface area (Å²) < 4.78 is 30.5. The highest BCUT2D eigenvalue weighted by molar-refractivity contribution is 5.92. The number of nitrogens with zero attached hydrogens (tertiary/aromatic N) is 4. The lowest BCUT2D eigenvalue weighted by Gasteiger charge is -2.31. The van der Waals surface area contributed by atoms with Crippen molar-refractivity contribution >= 4 is 17.5 Å². The minimum absolute atomic E-state index is 0.196. The Morgan fingerprint density at radius 1 is 1.05 bits per heavy atom. The van der Waals surface area contributed by atoms with Crippen LogP contribution >= 0.6 is 0 Å². The summed E-state index contributed by atoms with van der Waals surface area (Å²) in [6.07, 6.45) is 7.23. The first-order chi connectivity index (χ1) is 18.6. The Bertz CT molecular complexity index is 1320. The largest absolute Gasteiger partial charge is 0.371 e. The molecule has 0 bridgehead atoms. The molecule has 1 aromatic heterocycles. The number of amides is 1. The fraction of sp³-hybridized carbons (Fsp3) is 0.484. The van der Waals surface area contributed by atoms with E-state index >= 15 is 0 Å². The number of carbonyl (C=O) groups excluding carboxylic acids is 1. The van der Waals surface area contributed by atoms with Crippen molar-refractivity contribution in [2.45, 2.75) is 65.0 Å². The number of imidazole rings is 1. The van der Waals surface area contributed by atoms with Crippen molar-refractivity contribution in [3.63, 3.8) is 0 Å². The van der Waals surface area contributed by atoms with Gasteiger partial charge in [0.2, 0.25) is 11.9 Å². The summed E-state index contributed by atoms with van der Waals surface area (Å²) in [5.41, 5.74) is 3.82. The van der Waals surface area contributed by atoms with Crippen LogP contribution in [0.2, 0.25) is 0 Å². The zero-order valence-corrected chi connectivity index (χ0v) is 23.4. The molecule has 6 nitrogen and oxygen atoms in total. The number of carbonyl (C=O) groups is 1. The summed E-state index contributed by atoms with van der Waals surface area (Å²) in [5, 5.41) is 3.04. The molecule has 8 heteroatoms. The van der Waals surface area contributed by atoms with E-state index in [9.17, 15) is 13.6 Å². The Labute approximate surface area is 230 Å². The SMILES string of the molecule is Cc1ccc(Cn2ccnc2NC(=O)[C@@H]2CN(C(C)(C)C)C[C@H]2c2ccc(F)cc2F)c(N2CCCCC2)c1. The van der Waals surface area contributed by atoms with E-state index < -0.39 is 23.5 Å². The van der Waals surface area contributed by atoms with Gasteiger partial charge in [-0.2, -0.15) is 0 Å². The molecule has 208 valence electrons. The minimum Gasteiger partial charge on any atom is -0.371 e. The van der Waals surface area contributed by atoms with Gasteiger partial charge in [-0.05, 0) is 75.8 Å². The molecule has 2 aliphatic rings. The van der Waals surface area contributed by atoms with Crippen molar-refractivity contribution in [2.24, 2.45) is 5.92 Å². The lowest BCUT2D eigenvalue weighted by atomic mass is 9.88. The minimum atomic E-state index is -0.620. The van der Waals surface area contributed by atoms with Crippen LogP contribution in [0.4, 0.5) is 20.4 Å². The van der Waals surface area contributed by atoms with Crippen LogP contribution in [0, 0.1) is 24.5 Å². The van der Waals surface area contributed by atoms with Crippen LogP contribution in [0.15, 0.2) is 48.8 Å². The molecule has 2 atom stereocenters. The number of anilines is 2. The zero-order chi connectivity index (χ0) is 27.7. The standard InChI is InChI=1S/C31H39F2N5O/c1-21-8-9-22(28(16-21)36-13-6-5-7-14-36)18-37-15-12-34-30(37)35-29(39)26-20-38(31(2,3)4)19-25(26)24-11-10-23(32)17-27(24)33/h8-12,15-17,25-26H,5-7,13-14,18-20H2,1-4H3,(H,34,35,39)/t25-,26+/m0/s1. The molecule has 3 heterocycles. The number of aromatic nitrogens is 2. The molecule has 0 spiro atoms. The average molecular weight is 536 g/mol. The lowest BCUT2D eigenvalue weighted by Crippen LogP contribution is -2.40. The molecule has 2 aliphatic heterocycles. The van der Waals surface area contributed by atoms with Gasteiger partial charge in [-0.1, -0.05) is 18.2 Å². The maximum absolute atomic E-state index is 14.9. The lowest BCUT2D eigenvalue weighted by molar-refractivity contribution is -0.120. The van der Waals surface area contributed by atoms with Gasteiger partial charge in [-0.25, -0.2) is 13.8 Å². The number of hydrogen-bond donors (Lipinski definition) is 1. The van der Waals surface area contributed by atoms with Crippen LogP contribution < -0.4 is 10.2 Å². The summed E-state index contributed by atoms with van der Waals surface area (Å²) in [5.74, 6) is -1.86. The fourth-order valence-corrected chi connectivity index (χ4v) is 5.92. The molecule has 2 saturated heterocycles. The second-order valence-electron chi connectivity index (χ2n) is 12.0. The number of aryl methyl sites for hydroxylation is 1. The van der Waals surface area contributed by atoms with Gasteiger partial charge in [-0.15, -0.1) is 0 Å². The first-order valence-corrected chi connectivity index (χ1v) is 14.0. The van der Waals surface area contributed by atoms with Gasteiger partial charge in [0.05, 0.1) is 12.5 Å². The summed E-state index contributed by atoms with van der Waals surface area (Å²) in [4.78, 5) is 22.8. The highest BCUT2D eigenvalue weighted by atomic mass is 19.1. The van der Waals surface area contributed by atoms with Gasteiger partial charge >= 0.3 is 0 Å². The average Bonchev–Trinajstić information content (AvgIpc) is 3.53. The van der Waals surface area contributed by atoms with E-state index in [1.807, 2.05) is 10.8 Å². The molecule has 0 radical (unpaired) electrons. The first kappa shape index (κ1) is 27.3. The van der Waals surface area contributed by atoms with Crippen molar-refractivity contribution in [1.29, 1.82) is 0 Å². The third kappa shape index (κ3) is 6.01. The highest BCUT2D eigenvalue weighted by Crippen LogP contribution is 2.38. The van der Waals surface area contributed by atoms with Crippen LogP contribution in [0.3, 0.4) is 0 Å². The number of likely N-dealkylation sites (tertiary alicyclic amines) is 1. The predicted octanol–water partition coefficient (Wildman–Crippen LogP) is 5.96. The number of halogens is 2. The van der Waals surface area contributed by atoms with Crippen molar-refractivity contribution in [1.82, 2.24) is 14.5 Å². The van der Waals surface area contributed by atoms with Gasteiger partial charge in [0, 0.05) is 61.8 Å². The van der Waals surface area contributed by atoms with E-state index in [0.29, 0.717) is 31.1 Å². The summed E-state index contributed by atoms with van der Waals surface area (Å²) >= 11 is 0. The summed E-state index contributed by atoms with van der Waals surface area (Å²) in [6.45, 7) is 12.0. The topological polar surface area (TPSA) is 53.4 Å². The molecular weight excluding hydrogens is 496 g/mol. The number of nitrogens with one attached hydrogen (secondary N) is 1. The number of piperidine rings is 1. The molecule has 0 saturated carbocycles. The van der Waals surface area contributed by atoms with Crippen LogP contribution in [-0.2, 0) is 11.3 Å². The number of rotatable bonds is 6. The number of benzene rings is 2. The second-order valence-corrected chi connectivity index (χ2v) is 12.0. The molecule has 5 rings (SSSR count). The summed E-state index contributed by atoms with van der Waals surface area (Å²) in [7, 11) is 0. The van der Waals surface area contributed by atoms with Gasteiger partial charge in [0.15, 0.2) is 0 Å². The molecule has 2 fully saturated rings. The third-order valence-corrected chi connectivity index (χ3v) is 8.20. The molecule has 0 unspecified atom stereocenters. The highest BCUT2D eigenvalue weighted by Gasteiger charge is 2.43. The van der Waals surface area contributed by atoms with Gasteiger partial charge in [0.1, 0.15) is 11.6 Å². The van der Waals surface area contributed by atoms with Crippen LogP contribution in [0.5, 0.6) is 0 Å². The van der Waals surface area contributed by atoms with Crippen molar-refractivity contribution in [3.05, 3.63) is 77.1 Å². The Balaban J connectivity index is 1.38. The Morgan fingerprint density at radius 2 is 1.82 bits per heavy atom. The monoisotopic (exact) mass is 535 g/mol. The Hall–Kier alpha value is -3.26. The van der Waals surface area contributed by atoms with Crippen molar-refractivity contribution < 1.29 is 13.6 Å². The van der Waals surface area contributed by atoms with Crippen molar-refractivity contribution in [2.75, 3.05) is 36.4 Å². The molecule has 1 N–H and O–H groups in total. The predicted molar refractivity (Wildman–Crippen MR) is 151 cm³/mol. The van der Waals surface area contributed by atoms with E-state index in [1.54, 1.807) is 6.20 Å². The quantitative estimate of drug-likeness (QED) is 0.423. The van der Waals surface area contributed by atoms with Crippen molar-refractivity contribution in [3.8, 4) is 0 Å². The van der Waals surface area contributed by atoms with E-state index in [4.69, 9.17) is 0 Å². The summed E-state index contributed by atoms with van der Waals surface area (Å²) in [6, 6.07) is 10.2. The zero-order valence-electron chi connectivity index (χ0n) is 23.4. The van der Waals surface area contributed by atoms with E-state index in [2.05, 4.69) is 66.0 Å². The third-order valence-electron chi connectivity index (χ3n) is 8.20. The fourth-order valence-electron chi connectivity index (χ4n) is 5.92. The molecule has 0 aliphatic carbocycles. The molecule has 2 aromatic carbocycles. The van der Waals surface area contributed by atoms with Crippen LogP contribution in [0.25, 0.3) is 0 Å². The molecule has 1 amide bonds. The Morgan fingerprint density at radius 3 is 2.54 bits per heavy atom. The van der Waals surface area contributed by atoms with Crippen LogP contribution in [-0.4, -0.2) is 52.1 Å². The normalized spacial score (nSPS) is 20.4. The molecular formula is C31H39F2N5O. The van der Waals surface area contributed by atoms with Gasteiger partial charge < -0.3 is 9.47 Å². The van der Waals surface area contributed by atoms with Gasteiger partial charge in [-0.3, -0.25) is 15.0 Å². The van der Waals surface area contributed by atoms with E-state index in [1.165, 1.54) is 48.2 Å². The maximum atomic E-state index is 14.9. The van der Waals surface area contributed by atoms with E-state index in [0.717, 1.165) is 19.2 Å². The van der Waals surface area contributed by atoms with E-state index in [-0.39, 0.29) is 11.4 Å². The van der Waals surface area contributed by atoms with Gasteiger partial charge in [0.25, 0.3) is 0 Å². The first-order valence-electron chi connectivity index (χ1n) is 14.0. The maximum Gasteiger partial charge on any atom is 0.231 e. The molecule has 39 heavy (non-hydrogen) atoms. The number of hydrogen-bond acceptors (Lipinski definition) is 4. The second kappa shape index (κ2) is 11.1.